The highest BCUT2D eigenvalue weighted by Crippen LogP contribution is 2.34. The first kappa shape index (κ1) is 18.4. The first-order valence-electron chi connectivity index (χ1n) is 9.22. The zero-order chi connectivity index (χ0) is 19.7. The monoisotopic (exact) mass is 391 g/mol. The van der Waals surface area contributed by atoms with Crippen LogP contribution in [0.3, 0.4) is 0 Å². The third-order valence-electron chi connectivity index (χ3n) is 4.61. The number of aromatic amines is 1. The molecule has 1 unspecified atom stereocenters. The quantitative estimate of drug-likeness (QED) is 0.512. The van der Waals surface area contributed by atoms with E-state index in [-0.39, 0.29) is 10.8 Å². The highest BCUT2D eigenvalue weighted by Gasteiger charge is 2.19. The normalized spacial score (nSPS) is 12.4. The van der Waals surface area contributed by atoms with Crippen molar-refractivity contribution in [3.63, 3.8) is 0 Å². The molecular weight excluding hydrogens is 370 g/mol. The molecular formula is C21H21N5OS. The third-order valence-corrected chi connectivity index (χ3v) is 5.70. The molecule has 0 aliphatic carbocycles. The number of hydrogen-bond acceptors (Lipinski definition) is 5. The van der Waals surface area contributed by atoms with Gasteiger partial charge in [-0.2, -0.15) is 0 Å². The number of aromatic nitrogens is 5. The topological polar surface area (TPSA) is 76.5 Å². The van der Waals surface area contributed by atoms with Crippen molar-refractivity contribution in [1.29, 1.82) is 0 Å². The zero-order valence-corrected chi connectivity index (χ0v) is 16.8. The van der Waals surface area contributed by atoms with Crippen LogP contribution >= 0.6 is 11.8 Å². The van der Waals surface area contributed by atoms with Crippen molar-refractivity contribution in [2.45, 2.75) is 37.7 Å². The van der Waals surface area contributed by atoms with Gasteiger partial charge in [0.15, 0.2) is 11.0 Å². The third kappa shape index (κ3) is 3.45. The Morgan fingerprint density at radius 3 is 2.75 bits per heavy atom. The summed E-state index contributed by atoms with van der Waals surface area (Å²) in [7, 11) is 0. The van der Waals surface area contributed by atoms with Crippen molar-refractivity contribution in [1.82, 2.24) is 24.7 Å². The number of aryl methyl sites for hydroxylation is 1. The van der Waals surface area contributed by atoms with Gasteiger partial charge in [0.25, 0.3) is 5.56 Å². The molecule has 0 saturated heterocycles. The van der Waals surface area contributed by atoms with Gasteiger partial charge in [0.1, 0.15) is 5.82 Å². The summed E-state index contributed by atoms with van der Waals surface area (Å²) in [4.78, 5) is 19.9. The van der Waals surface area contributed by atoms with Gasteiger partial charge in [-0.3, -0.25) is 4.79 Å². The Kier molecular flexibility index (Phi) is 5.00. The number of fused-ring (bicyclic) bond motifs is 1. The van der Waals surface area contributed by atoms with Crippen LogP contribution in [0.2, 0.25) is 0 Å². The number of thioether (sulfide) groups is 1. The van der Waals surface area contributed by atoms with E-state index >= 15 is 0 Å². The molecule has 0 bridgehead atoms. The van der Waals surface area contributed by atoms with Gasteiger partial charge in [-0.1, -0.05) is 47.7 Å². The maximum atomic E-state index is 12.4. The fraction of sp³-hybridized carbons (Fsp3) is 0.238. The number of rotatable bonds is 5. The first-order chi connectivity index (χ1) is 13.6. The van der Waals surface area contributed by atoms with E-state index in [1.165, 1.54) is 5.56 Å². The summed E-state index contributed by atoms with van der Waals surface area (Å²) in [5.74, 6) is 1.48. The van der Waals surface area contributed by atoms with E-state index in [1.807, 2.05) is 37.3 Å². The lowest BCUT2D eigenvalue weighted by molar-refractivity contribution is 0.685. The number of H-pyrrole nitrogens is 1. The van der Waals surface area contributed by atoms with Crippen molar-refractivity contribution in [2.75, 3.05) is 0 Å². The van der Waals surface area contributed by atoms with Crippen molar-refractivity contribution in [3.8, 4) is 11.4 Å². The number of benzene rings is 2. The fourth-order valence-corrected chi connectivity index (χ4v) is 4.14. The summed E-state index contributed by atoms with van der Waals surface area (Å²) in [6, 6.07) is 15.6. The second-order valence-corrected chi connectivity index (χ2v) is 7.96. The number of nitrogens with one attached hydrogen (secondary N) is 1. The standard InChI is InChI=1S/C21H21N5OS/c1-4-26-19(15-9-7-8-13(2)12-15)24-25-21(26)28-14(3)18-22-17-11-6-5-10-16(17)20(27)23-18/h5-12,14H,4H2,1-3H3,(H,22,23,27). The average molecular weight is 392 g/mol. The lowest BCUT2D eigenvalue weighted by Gasteiger charge is -2.12. The van der Waals surface area contributed by atoms with E-state index in [1.54, 1.807) is 17.8 Å². The molecule has 142 valence electrons. The Morgan fingerprint density at radius 2 is 1.96 bits per heavy atom. The van der Waals surface area contributed by atoms with Crippen molar-refractivity contribution in [2.24, 2.45) is 0 Å². The van der Waals surface area contributed by atoms with Gasteiger partial charge < -0.3 is 9.55 Å². The molecule has 4 rings (SSSR count). The van der Waals surface area contributed by atoms with Crippen molar-refractivity contribution >= 4 is 22.7 Å². The molecule has 0 aliphatic rings. The van der Waals surface area contributed by atoms with Gasteiger partial charge in [0.2, 0.25) is 0 Å². The SMILES string of the molecule is CCn1c(SC(C)c2nc3ccccc3c(=O)[nH]2)nnc1-c1cccc(C)c1. The van der Waals surface area contributed by atoms with Crippen LogP contribution < -0.4 is 5.56 Å². The molecule has 2 aromatic carbocycles. The summed E-state index contributed by atoms with van der Waals surface area (Å²) in [6.45, 7) is 6.91. The molecule has 2 aromatic heterocycles. The highest BCUT2D eigenvalue weighted by molar-refractivity contribution is 7.99. The van der Waals surface area contributed by atoms with Gasteiger partial charge >= 0.3 is 0 Å². The summed E-state index contributed by atoms with van der Waals surface area (Å²) in [6.07, 6.45) is 0. The Balaban J connectivity index is 1.67. The van der Waals surface area contributed by atoms with Gasteiger partial charge in [-0.25, -0.2) is 4.98 Å². The highest BCUT2D eigenvalue weighted by atomic mass is 32.2. The molecule has 2 heterocycles. The molecule has 0 spiro atoms. The van der Waals surface area contributed by atoms with Crippen LogP contribution in [0.1, 0.15) is 30.5 Å². The lowest BCUT2D eigenvalue weighted by Crippen LogP contribution is -2.13. The molecule has 0 aliphatic heterocycles. The van der Waals surface area contributed by atoms with E-state index in [0.717, 1.165) is 23.1 Å². The summed E-state index contributed by atoms with van der Waals surface area (Å²) in [5.41, 5.74) is 2.81. The van der Waals surface area contributed by atoms with Gasteiger partial charge in [-0.05, 0) is 39.0 Å². The molecule has 28 heavy (non-hydrogen) atoms. The Labute approximate surface area is 167 Å². The largest absolute Gasteiger partial charge is 0.309 e. The molecule has 0 radical (unpaired) electrons. The Morgan fingerprint density at radius 1 is 1.14 bits per heavy atom. The molecule has 6 nitrogen and oxygen atoms in total. The average Bonchev–Trinajstić information content (AvgIpc) is 3.10. The lowest BCUT2D eigenvalue weighted by atomic mass is 10.1. The predicted molar refractivity (Wildman–Crippen MR) is 113 cm³/mol. The van der Waals surface area contributed by atoms with Crippen LogP contribution in [0.4, 0.5) is 0 Å². The van der Waals surface area contributed by atoms with E-state index in [9.17, 15) is 4.79 Å². The van der Waals surface area contributed by atoms with E-state index in [0.29, 0.717) is 16.7 Å². The van der Waals surface area contributed by atoms with Gasteiger partial charge in [0, 0.05) is 12.1 Å². The summed E-state index contributed by atoms with van der Waals surface area (Å²) < 4.78 is 2.09. The molecule has 7 heteroatoms. The van der Waals surface area contributed by atoms with Crippen molar-refractivity contribution in [3.05, 3.63) is 70.3 Å². The van der Waals surface area contributed by atoms with Crippen LogP contribution in [-0.4, -0.2) is 24.7 Å². The van der Waals surface area contributed by atoms with Gasteiger partial charge in [-0.15, -0.1) is 10.2 Å². The minimum Gasteiger partial charge on any atom is -0.309 e. The smallest absolute Gasteiger partial charge is 0.258 e. The molecule has 0 saturated carbocycles. The first-order valence-corrected chi connectivity index (χ1v) is 10.1. The maximum absolute atomic E-state index is 12.4. The number of para-hydroxylation sites is 1. The molecule has 0 fully saturated rings. The van der Waals surface area contributed by atoms with Gasteiger partial charge in [0.05, 0.1) is 16.2 Å². The number of nitrogens with zero attached hydrogens (tertiary/aromatic N) is 4. The molecule has 0 amide bonds. The summed E-state index contributed by atoms with van der Waals surface area (Å²) >= 11 is 1.54. The molecule has 1 N–H and O–H groups in total. The van der Waals surface area contributed by atoms with Crippen LogP contribution in [0.5, 0.6) is 0 Å². The van der Waals surface area contributed by atoms with E-state index in [2.05, 4.69) is 50.7 Å². The zero-order valence-electron chi connectivity index (χ0n) is 16.0. The minimum absolute atomic E-state index is 0.0721. The number of hydrogen-bond donors (Lipinski definition) is 1. The Hall–Kier alpha value is -2.93. The fourth-order valence-electron chi connectivity index (χ4n) is 3.17. The van der Waals surface area contributed by atoms with Crippen LogP contribution in [0, 0.1) is 6.92 Å². The van der Waals surface area contributed by atoms with E-state index in [4.69, 9.17) is 0 Å². The van der Waals surface area contributed by atoms with Crippen LogP contribution in [-0.2, 0) is 6.54 Å². The van der Waals surface area contributed by atoms with Crippen LogP contribution in [0.25, 0.3) is 22.3 Å². The second-order valence-electron chi connectivity index (χ2n) is 6.65. The molecule has 1 atom stereocenters. The minimum atomic E-state index is -0.120. The Bertz CT molecular complexity index is 1200. The summed E-state index contributed by atoms with van der Waals surface area (Å²) in [5, 5.41) is 10.1. The van der Waals surface area contributed by atoms with Crippen LogP contribution in [0.15, 0.2) is 58.5 Å². The van der Waals surface area contributed by atoms with Crippen molar-refractivity contribution < 1.29 is 0 Å². The second kappa shape index (κ2) is 7.59. The predicted octanol–water partition coefficient (Wildman–Crippen LogP) is 4.36. The molecule has 4 aromatic rings. The maximum Gasteiger partial charge on any atom is 0.258 e. The van der Waals surface area contributed by atoms with E-state index < -0.39 is 0 Å².